The summed E-state index contributed by atoms with van der Waals surface area (Å²) in [5, 5.41) is 31.5. The fourth-order valence-electron chi connectivity index (χ4n) is 3.63. The Bertz CT molecular complexity index is 1100. The lowest BCUT2D eigenvalue weighted by Gasteiger charge is -2.13. The fourth-order valence-corrected chi connectivity index (χ4v) is 3.63. The van der Waals surface area contributed by atoms with Gasteiger partial charge in [0.2, 0.25) is 0 Å². The lowest BCUT2D eigenvalue weighted by Crippen LogP contribution is -1.99. The van der Waals surface area contributed by atoms with Gasteiger partial charge in [-0.05, 0) is 106 Å². The number of carbonyl (C=O) groups is 1. The fraction of sp³-hybridized carbons (Fsp3) is 0.300. The van der Waals surface area contributed by atoms with Gasteiger partial charge >= 0.3 is 0 Å². The van der Waals surface area contributed by atoms with Crippen molar-refractivity contribution in [2.24, 2.45) is 0 Å². The second-order valence-corrected chi connectivity index (χ2v) is 9.22. The number of carbonyl (C=O) groups excluding carboxylic acids is 1. The van der Waals surface area contributed by atoms with Crippen LogP contribution in [0.1, 0.15) is 72.6 Å². The Labute approximate surface area is 203 Å². The number of allylic oxidation sites excluding steroid dienone is 4. The number of phenols is 3. The molecule has 0 spiro atoms. The zero-order valence-corrected chi connectivity index (χ0v) is 20.6. The monoisotopic (exact) mass is 460 g/mol. The molecule has 34 heavy (non-hydrogen) atoms. The van der Waals surface area contributed by atoms with E-state index in [1.165, 1.54) is 18.2 Å². The summed E-state index contributed by atoms with van der Waals surface area (Å²) in [7, 11) is 0. The molecule has 4 heteroatoms. The average molecular weight is 461 g/mol. The van der Waals surface area contributed by atoms with Crippen LogP contribution in [0.15, 0.2) is 66.8 Å². The molecular formula is C30H36O4. The molecule has 0 heterocycles. The van der Waals surface area contributed by atoms with Crippen molar-refractivity contribution >= 4 is 11.9 Å². The summed E-state index contributed by atoms with van der Waals surface area (Å²) in [6.07, 6.45) is 6.92. The van der Waals surface area contributed by atoms with Gasteiger partial charge in [0.15, 0.2) is 5.78 Å². The Balaban J connectivity index is 2.36. The summed E-state index contributed by atoms with van der Waals surface area (Å²) in [4.78, 5) is 12.9. The minimum Gasteiger partial charge on any atom is -0.508 e. The Morgan fingerprint density at radius 1 is 0.794 bits per heavy atom. The number of benzene rings is 2. The predicted octanol–water partition coefficient (Wildman–Crippen LogP) is 7.23. The number of aryl methyl sites for hydroxylation is 2. The van der Waals surface area contributed by atoms with Crippen molar-refractivity contribution < 1.29 is 20.1 Å². The largest absolute Gasteiger partial charge is 0.508 e. The van der Waals surface area contributed by atoms with E-state index in [0.29, 0.717) is 31.2 Å². The van der Waals surface area contributed by atoms with E-state index in [2.05, 4.69) is 19.7 Å². The van der Waals surface area contributed by atoms with Crippen molar-refractivity contribution in [1.29, 1.82) is 0 Å². The zero-order valence-electron chi connectivity index (χ0n) is 20.6. The van der Waals surface area contributed by atoms with Crippen molar-refractivity contribution in [3.8, 4) is 17.2 Å². The van der Waals surface area contributed by atoms with Gasteiger partial charge < -0.3 is 15.3 Å². The smallest absolute Gasteiger partial charge is 0.189 e. The van der Waals surface area contributed by atoms with Crippen molar-refractivity contribution in [3.05, 3.63) is 94.6 Å². The van der Waals surface area contributed by atoms with Crippen molar-refractivity contribution in [1.82, 2.24) is 0 Å². The maximum absolute atomic E-state index is 12.9. The van der Waals surface area contributed by atoms with Crippen LogP contribution in [0.3, 0.4) is 0 Å². The van der Waals surface area contributed by atoms with Crippen molar-refractivity contribution in [2.45, 2.75) is 59.3 Å². The van der Waals surface area contributed by atoms with Gasteiger partial charge in [-0.3, -0.25) is 4.79 Å². The number of ketones is 1. The topological polar surface area (TPSA) is 77.8 Å². The first kappa shape index (κ1) is 26.7. The van der Waals surface area contributed by atoms with E-state index in [0.717, 1.165) is 46.3 Å². The third-order valence-electron chi connectivity index (χ3n) is 5.68. The molecule has 0 unspecified atom stereocenters. The maximum atomic E-state index is 12.9. The van der Waals surface area contributed by atoms with Crippen molar-refractivity contribution in [3.63, 3.8) is 0 Å². The SMILES string of the molecule is C=C(C)CCc1cc(C=CC(=O)c2ccc(O)c(CCC(=C)C)c2O)cc(CCC(=C)C)c1O. The van der Waals surface area contributed by atoms with Crippen LogP contribution in [0.4, 0.5) is 0 Å². The Morgan fingerprint density at radius 2 is 1.29 bits per heavy atom. The number of hydrogen-bond acceptors (Lipinski definition) is 4. The molecule has 4 nitrogen and oxygen atoms in total. The summed E-state index contributed by atoms with van der Waals surface area (Å²) >= 11 is 0. The normalized spacial score (nSPS) is 11.0. The van der Waals surface area contributed by atoms with Crippen LogP contribution in [0.2, 0.25) is 0 Å². The molecule has 0 aromatic heterocycles. The Hall–Kier alpha value is -3.53. The highest BCUT2D eigenvalue weighted by Gasteiger charge is 2.16. The van der Waals surface area contributed by atoms with Gasteiger partial charge in [-0.15, -0.1) is 19.7 Å². The van der Waals surface area contributed by atoms with Crippen LogP contribution < -0.4 is 0 Å². The van der Waals surface area contributed by atoms with Gasteiger partial charge in [-0.2, -0.15) is 0 Å². The summed E-state index contributed by atoms with van der Waals surface area (Å²) in [6.45, 7) is 17.5. The maximum Gasteiger partial charge on any atom is 0.189 e. The molecule has 0 radical (unpaired) electrons. The minimum atomic E-state index is -0.367. The second kappa shape index (κ2) is 12.1. The first-order chi connectivity index (χ1) is 16.0. The van der Waals surface area contributed by atoms with E-state index < -0.39 is 0 Å². The third-order valence-corrected chi connectivity index (χ3v) is 5.68. The molecule has 2 rings (SSSR count). The predicted molar refractivity (Wildman–Crippen MR) is 141 cm³/mol. The minimum absolute atomic E-state index is 0.0397. The van der Waals surface area contributed by atoms with Gasteiger partial charge in [0.05, 0.1) is 5.56 Å². The average Bonchev–Trinajstić information content (AvgIpc) is 2.75. The summed E-state index contributed by atoms with van der Waals surface area (Å²) < 4.78 is 0. The molecular weight excluding hydrogens is 424 g/mol. The third kappa shape index (κ3) is 7.51. The molecule has 0 atom stereocenters. The van der Waals surface area contributed by atoms with E-state index >= 15 is 0 Å². The van der Waals surface area contributed by atoms with Crippen LogP contribution in [0.25, 0.3) is 6.08 Å². The molecule has 0 aliphatic heterocycles. The number of rotatable bonds is 12. The van der Waals surface area contributed by atoms with Crippen LogP contribution in [-0.4, -0.2) is 21.1 Å². The standard InChI is InChI=1S/C30H36O4/c1-19(2)7-11-23-17-22(18-24(29(23)33)12-8-20(3)4)10-15-27(31)26-14-16-28(32)25(30(26)34)13-9-21(5)6/h10,14-18,32-34H,1,3,5,7-9,11-13H2,2,4,6H3. The van der Waals surface area contributed by atoms with Crippen LogP contribution in [-0.2, 0) is 19.3 Å². The van der Waals surface area contributed by atoms with Gasteiger partial charge in [0.1, 0.15) is 17.2 Å². The van der Waals surface area contributed by atoms with Gasteiger partial charge in [-0.1, -0.05) is 22.8 Å². The van der Waals surface area contributed by atoms with Crippen LogP contribution in [0, 0.1) is 0 Å². The highest BCUT2D eigenvalue weighted by atomic mass is 16.3. The lowest BCUT2D eigenvalue weighted by molar-refractivity contribution is 0.104. The quantitative estimate of drug-likeness (QED) is 0.177. The molecule has 0 aliphatic rings. The number of aromatic hydroxyl groups is 3. The summed E-state index contributed by atoms with van der Waals surface area (Å²) in [6, 6.07) is 6.61. The molecule has 0 saturated carbocycles. The van der Waals surface area contributed by atoms with Gasteiger partial charge in [0, 0.05) is 5.56 Å². The van der Waals surface area contributed by atoms with E-state index in [1.807, 2.05) is 32.9 Å². The van der Waals surface area contributed by atoms with E-state index in [-0.39, 0.29) is 28.6 Å². The molecule has 0 bridgehead atoms. The molecule has 3 N–H and O–H groups in total. The Kier molecular flexibility index (Phi) is 9.49. The molecule has 0 saturated heterocycles. The second-order valence-electron chi connectivity index (χ2n) is 9.22. The van der Waals surface area contributed by atoms with E-state index in [4.69, 9.17) is 0 Å². The zero-order chi connectivity index (χ0) is 25.4. The van der Waals surface area contributed by atoms with E-state index in [9.17, 15) is 20.1 Å². The molecule has 0 fully saturated rings. The summed E-state index contributed by atoms with van der Waals surface area (Å²) in [5.74, 6) is -0.327. The number of hydrogen-bond donors (Lipinski definition) is 3. The molecule has 2 aromatic rings. The van der Waals surface area contributed by atoms with Gasteiger partial charge in [0.25, 0.3) is 0 Å². The highest BCUT2D eigenvalue weighted by molar-refractivity contribution is 6.09. The Morgan fingerprint density at radius 3 is 1.79 bits per heavy atom. The molecule has 0 amide bonds. The van der Waals surface area contributed by atoms with Crippen LogP contribution in [0.5, 0.6) is 17.2 Å². The molecule has 2 aromatic carbocycles. The van der Waals surface area contributed by atoms with Crippen molar-refractivity contribution in [2.75, 3.05) is 0 Å². The highest BCUT2D eigenvalue weighted by Crippen LogP contribution is 2.33. The lowest BCUT2D eigenvalue weighted by atomic mass is 9.95. The molecule has 0 aliphatic carbocycles. The number of phenolic OH excluding ortho intramolecular Hbond substituents is 3. The molecule has 180 valence electrons. The first-order valence-corrected chi connectivity index (χ1v) is 11.5. The van der Waals surface area contributed by atoms with Crippen LogP contribution >= 0.6 is 0 Å². The van der Waals surface area contributed by atoms with Gasteiger partial charge in [-0.25, -0.2) is 0 Å². The first-order valence-electron chi connectivity index (χ1n) is 11.5. The van der Waals surface area contributed by atoms with E-state index in [1.54, 1.807) is 6.08 Å². The summed E-state index contributed by atoms with van der Waals surface area (Å²) in [5.41, 5.74) is 5.87.